The lowest BCUT2D eigenvalue weighted by Crippen LogP contribution is -2.52. The van der Waals surface area contributed by atoms with E-state index in [9.17, 15) is 4.79 Å². The van der Waals surface area contributed by atoms with Crippen LogP contribution in [0.1, 0.15) is 45.3 Å². The van der Waals surface area contributed by atoms with Crippen molar-refractivity contribution < 1.29 is 4.79 Å². The molecule has 0 aliphatic carbocycles. The Morgan fingerprint density at radius 2 is 1.83 bits per heavy atom. The third kappa shape index (κ3) is 4.68. The van der Waals surface area contributed by atoms with Gasteiger partial charge in [0.25, 0.3) is 0 Å². The van der Waals surface area contributed by atoms with Gasteiger partial charge in [-0.2, -0.15) is 0 Å². The van der Waals surface area contributed by atoms with E-state index in [2.05, 4.69) is 31.1 Å². The van der Waals surface area contributed by atoms with Crippen LogP contribution in [0.2, 0.25) is 0 Å². The van der Waals surface area contributed by atoms with Crippen molar-refractivity contribution in [3.8, 4) is 0 Å². The summed E-state index contributed by atoms with van der Waals surface area (Å²) in [6.45, 7) is 14.6. The molecule has 0 spiro atoms. The summed E-state index contributed by atoms with van der Waals surface area (Å²) >= 11 is 7.65. The first-order chi connectivity index (χ1) is 10.6. The first kappa shape index (κ1) is 18.7. The summed E-state index contributed by atoms with van der Waals surface area (Å²) in [7, 11) is 0. The summed E-state index contributed by atoms with van der Waals surface area (Å²) in [5.74, 6) is 0.525. The molecule has 0 aromatic carbocycles. The van der Waals surface area contributed by atoms with Gasteiger partial charge in [0.2, 0.25) is 5.91 Å². The van der Waals surface area contributed by atoms with Gasteiger partial charge in [-0.15, -0.1) is 22.9 Å². The average Bonchev–Trinajstić information content (AvgIpc) is 2.96. The molecule has 1 saturated heterocycles. The summed E-state index contributed by atoms with van der Waals surface area (Å²) in [6.07, 6.45) is 0. The molecule has 2 heterocycles. The predicted molar refractivity (Wildman–Crippen MR) is 97.2 cm³/mol. The van der Waals surface area contributed by atoms with Crippen LogP contribution in [0.15, 0.2) is 5.38 Å². The SMILES string of the molecule is CC(C)(CCl)C(=O)N1CCN(Cc2nc(C(C)(C)C)cs2)CC1. The normalized spacial score (nSPS) is 17.6. The number of thiazole rings is 1. The monoisotopic (exact) mass is 357 g/mol. The first-order valence-corrected chi connectivity index (χ1v) is 9.57. The Hall–Kier alpha value is -0.650. The van der Waals surface area contributed by atoms with Crippen LogP contribution in [0.5, 0.6) is 0 Å². The maximum absolute atomic E-state index is 12.4. The van der Waals surface area contributed by atoms with E-state index in [4.69, 9.17) is 16.6 Å². The molecule has 1 aliphatic rings. The molecule has 1 aromatic rings. The van der Waals surface area contributed by atoms with Gasteiger partial charge in [0, 0.05) is 42.9 Å². The molecule has 23 heavy (non-hydrogen) atoms. The smallest absolute Gasteiger partial charge is 0.229 e. The Morgan fingerprint density at radius 3 is 2.30 bits per heavy atom. The van der Waals surface area contributed by atoms with Gasteiger partial charge in [0.1, 0.15) is 5.01 Å². The van der Waals surface area contributed by atoms with Crippen LogP contribution in [-0.4, -0.2) is 52.8 Å². The van der Waals surface area contributed by atoms with E-state index in [1.54, 1.807) is 11.3 Å². The van der Waals surface area contributed by atoms with Crippen molar-refractivity contribution in [2.75, 3.05) is 32.1 Å². The van der Waals surface area contributed by atoms with E-state index in [-0.39, 0.29) is 11.3 Å². The summed E-state index contributed by atoms with van der Waals surface area (Å²) < 4.78 is 0. The molecule has 0 bridgehead atoms. The molecule has 6 heteroatoms. The molecule has 1 aliphatic heterocycles. The first-order valence-electron chi connectivity index (χ1n) is 8.16. The number of hydrogen-bond acceptors (Lipinski definition) is 4. The van der Waals surface area contributed by atoms with Crippen LogP contribution in [0.4, 0.5) is 0 Å². The highest BCUT2D eigenvalue weighted by molar-refractivity contribution is 7.09. The molecular formula is C17H28ClN3OS. The molecule has 4 nitrogen and oxygen atoms in total. The summed E-state index contributed by atoms with van der Waals surface area (Å²) in [4.78, 5) is 21.5. The van der Waals surface area contributed by atoms with E-state index in [0.717, 1.165) is 43.4 Å². The van der Waals surface area contributed by atoms with Crippen molar-refractivity contribution in [3.63, 3.8) is 0 Å². The second-order valence-electron chi connectivity index (χ2n) is 7.96. The highest BCUT2D eigenvalue weighted by atomic mass is 35.5. The van der Waals surface area contributed by atoms with Crippen molar-refractivity contribution in [2.24, 2.45) is 5.41 Å². The van der Waals surface area contributed by atoms with E-state index in [1.807, 2.05) is 18.7 Å². The number of halogens is 1. The molecule has 1 fully saturated rings. The quantitative estimate of drug-likeness (QED) is 0.775. The van der Waals surface area contributed by atoms with Gasteiger partial charge in [-0.3, -0.25) is 9.69 Å². The predicted octanol–water partition coefficient (Wildman–Crippen LogP) is 3.35. The number of alkyl halides is 1. The number of nitrogens with zero attached hydrogens (tertiary/aromatic N) is 3. The summed E-state index contributed by atoms with van der Waals surface area (Å²) in [5, 5.41) is 3.33. The second kappa shape index (κ2) is 7.08. The molecule has 0 saturated carbocycles. The van der Waals surface area contributed by atoms with Crippen molar-refractivity contribution >= 4 is 28.8 Å². The number of carbonyl (C=O) groups excluding carboxylic acids is 1. The highest BCUT2D eigenvalue weighted by Gasteiger charge is 2.33. The number of piperazine rings is 1. The highest BCUT2D eigenvalue weighted by Crippen LogP contribution is 2.25. The zero-order chi connectivity index (χ0) is 17.3. The minimum Gasteiger partial charge on any atom is -0.340 e. The lowest BCUT2D eigenvalue weighted by atomic mass is 9.93. The minimum absolute atomic E-state index is 0.104. The Labute approximate surface area is 148 Å². The van der Waals surface area contributed by atoms with Crippen LogP contribution in [0.25, 0.3) is 0 Å². The standard InChI is InChI=1S/C17H28ClN3OS/c1-16(2,3)13-11-23-14(19-13)10-20-6-8-21(9-7-20)15(22)17(4,5)12-18/h11H,6-10,12H2,1-5H3. The van der Waals surface area contributed by atoms with Gasteiger partial charge in [-0.25, -0.2) is 4.98 Å². The van der Waals surface area contributed by atoms with E-state index in [1.165, 1.54) is 0 Å². The average molecular weight is 358 g/mol. The zero-order valence-electron chi connectivity index (χ0n) is 14.9. The lowest BCUT2D eigenvalue weighted by Gasteiger charge is -2.37. The van der Waals surface area contributed by atoms with Gasteiger partial charge >= 0.3 is 0 Å². The molecule has 0 radical (unpaired) electrons. The van der Waals surface area contributed by atoms with Gasteiger partial charge in [0.15, 0.2) is 0 Å². The third-order valence-electron chi connectivity index (χ3n) is 4.25. The lowest BCUT2D eigenvalue weighted by molar-refractivity contribution is -0.141. The summed E-state index contributed by atoms with van der Waals surface area (Å²) in [6, 6.07) is 0. The number of hydrogen-bond donors (Lipinski definition) is 0. The van der Waals surface area contributed by atoms with Crippen molar-refractivity contribution in [1.29, 1.82) is 0 Å². The van der Waals surface area contributed by atoms with Gasteiger partial charge < -0.3 is 4.90 Å². The van der Waals surface area contributed by atoms with E-state index >= 15 is 0 Å². The summed E-state index contributed by atoms with van der Waals surface area (Å²) in [5.41, 5.74) is 0.795. The van der Waals surface area contributed by atoms with Crippen molar-refractivity contribution in [3.05, 3.63) is 16.1 Å². The van der Waals surface area contributed by atoms with Crippen LogP contribution in [0, 0.1) is 5.41 Å². The van der Waals surface area contributed by atoms with Crippen molar-refractivity contribution in [1.82, 2.24) is 14.8 Å². The zero-order valence-corrected chi connectivity index (χ0v) is 16.4. The van der Waals surface area contributed by atoms with Crippen LogP contribution >= 0.6 is 22.9 Å². The largest absolute Gasteiger partial charge is 0.340 e. The fourth-order valence-corrected chi connectivity index (χ4v) is 3.69. The fourth-order valence-electron chi connectivity index (χ4n) is 2.51. The maximum atomic E-state index is 12.4. The number of carbonyl (C=O) groups is 1. The van der Waals surface area contributed by atoms with E-state index < -0.39 is 5.41 Å². The molecule has 0 unspecified atom stereocenters. The maximum Gasteiger partial charge on any atom is 0.229 e. The Balaban J connectivity index is 1.88. The Kier molecular flexibility index (Phi) is 5.75. The van der Waals surface area contributed by atoms with Gasteiger partial charge in [-0.05, 0) is 13.8 Å². The third-order valence-corrected chi connectivity index (χ3v) is 5.75. The minimum atomic E-state index is -0.472. The molecule has 1 aromatic heterocycles. The van der Waals surface area contributed by atoms with Crippen LogP contribution in [0.3, 0.4) is 0 Å². The molecular weight excluding hydrogens is 330 g/mol. The topological polar surface area (TPSA) is 36.4 Å². The number of aromatic nitrogens is 1. The molecule has 1 amide bonds. The van der Waals surface area contributed by atoms with E-state index in [0.29, 0.717) is 5.88 Å². The van der Waals surface area contributed by atoms with Gasteiger partial charge in [-0.1, -0.05) is 20.8 Å². The van der Waals surface area contributed by atoms with Crippen LogP contribution in [-0.2, 0) is 16.8 Å². The number of rotatable bonds is 4. The number of amides is 1. The van der Waals surface area contributed by atoms with Crippen LogP contribution < -0.4 is 0 Å². The second-order valence-corrected chi connectivity index (χ2v) is 9.17. The molecule has 130 valence electrons. The molecule has 2 rings (SSSR count). The molecule has 0 N–H and O–H groups in total. The molecule has 0 atom stereocenters. The Morgan fingerprint density at radius 1 is 1.22 bits per heavy atom. The fraction of sp³-hybridized carbons (Fsp3) is 0.765. The Bertz CT molecular complexity index is 542. The van der Waals surface area contributed by atoms with Gasteiger partial charge in [0.05, 0.1) is 17.7 Å². The van der Waals surface area contributed by atoms with Crippen molar-refractivity contribution in [2.45, 2.75) is 46.6 Å².